The molecule has 1 atom stereocenters. The summed E-state index contributed by atoms with van der Waals surface area (Å²) in [5.74, 6) is 0.684. The first-order chi connectivity index (χ1) is 11.2. The maximum absolute atomic E-state index is 5.81. The number of rotatable bonds is 11. The maximum Gasteiger partial charge on any atom is 0.113 e. The predicted octanol–water partition coefficient (Wildman–Crippen LogP) is 2.56. The zero-order valence-electron chi connectivity index (χ0n) is 14.4. The molecule has 2 aromatic rings. The van der Waals surface area contributed by atoms with Crippen molar-refractivity contribution in [3.8, 4) is 0 Å². The highest BCUT2D eigenvalue weighted by molar-refractivity contribution is 4.86. The summed E-state index contributed by atoms with van der Waals surface area (Å²) in [4.78, 5) is 8.28. The molecule has 6 heteroatoms. The fraction of sp³-hybridized carbons (Fsp3) is 0.647. The minimum atomic E-state index is 0.202. The molecule has 0 spiro atoms. The standard InChI is InChI=1S/C17H29N5O/c1-15(2)12-16(3)23-11-8-18-5-4-17(21-9-6-19-13-21)22-10-7-20-14-22/h6-7,9-10,13-18H,4-5,8,11-12H2,1-3H3. The van der Waals surface area contributed by atoms with Crippen molar-refractivity contribution in [2.24, 2.45) is 5.92 Å². The molecule has 0 aliphatic carbocycles. The van der Waals surface area contributed by atoms with Crippen LogP contribution >= 0.6 is 0 Å². The molecule has 1 N–H and O–H groups in total. The quantitative estimate of drug-likeness (QED) is 0.647. The zero-order valence-corrected chi connectivity index (χ0v) is 14.4. The number of aromatic nitrogens is 4. The highest BCUT2D eigenvalue weighted by Crippen LogP contribution is 2.13. The molecular weight excluding hydrogens is 290 g/mol. The molecule has 2 heterocycles. The SMILES string of the molecule is CC(C)CC(C)OCCNCCC(n1ccnc1)n1ccnc1. The first-order valence-electron chi connectivity index (χ1n) is 8.44. The van der Waals surface area contributed by atoms with Crippen LogP contribution < -0.4 is 5.32 Å². The molecule has 0 saturated heterocycles. The molecule has 2 aromatic heterocycles. The normalized spacial score (nSPS) is 13.1. The predicted molar refractivity (Wildman–Crippen MR) is 91.2 cm³/mol. The lowest BCUT2D eigenvalue weighted by atomic mass is 10.1. The van der Waals surface area contributed by atoms with Gasteiger partial charge >= 0.3 is 0 Å². The van der Waals surface area contributed by atoms with Crippen molar-refractivity contribution < 1.29 is 4.74 Å². The van der Waals surface area contributed by atoms with E-state index in [1.165, 1.54) is 0 Å². The summed E-state index contributed by atoms with van der Waals surface area (Å²) in [7, 11) is 0. The highest BCUT2D eigenvalue weighted by atomic mass is 16.5. The van der Waals surface area contributed by atoms with E-state index in [1.54, 1.807) is 12.4 Å². The maximum atomic E-state index is 5.81. The van der Waals surface area contributed by atoms with Gasteiger partial charge < -0.3 is 19.2 Å². The van der Waals surface area contributed by atoms with Crippen LogP contribution in [0.3, 0.4) is 0 Å². The van der Waals surface area contributed by atoms with Gasteiger partial charge in [-0.2, -0.15) is 0 Å². The molecule has 0 radical (unpaired) electrons. The Bertz CT molecular complexity index is 475. The van der Waals surface area contributed by atoms with Gasteiger partial charge in [-0.05, 0) is 32.2 Å². The van der Waals surface area contributed by atoms with Gasteiger partial charge in [0.25, 0.3) is 0 Å². The topological polar surface area (TPSA) is 56.9 Å². The number of ether oxygens (including phenoxy) is 1. The van der Waals surface area contributed by atoms with Crippen LogP contribution in [0.1, 0.15) is 39.8 Å². The van der Waals surface area contributed by atoms with Crippen molar-refractivity contribution in [1.29, 1.82) is 0 Å². The summed E-state index contributed by atoms with van der Waals surface area (Å²) in [5.41, 5.74) is 0. The molecular formula is C17H29N5O. The van der Waals surface area contributed by atoms with E-state index in [0.717, 1.165) is 32.5 Å². The van der Waals surface area contributed by atoms with Crippen LogP contribution in [-0.2, 0) is 4.74 Å². The van der Waals surface area contributed by atoms with Gasteiger partial charge in [0.2, 0.25) is 0 Å². The summed E-state index contributed by atoms with van der Waals surface area (Å²) in [6, 6.07) is 0. The van der Waals surface area contributed by atoms with E-state index in [9.17, 15) is 0 Å². The Morgan fingerprint density at radius 2 is 1.65 bits per heavy atom. The third-order valence-corrected chi connectivity index (χ3v) is 3.80. The van der Waals surface area contributed by atoms with Crippen LogP contribution in [-0.4, -0.2) is 44.9 Å². The zero-order chi connectivity index (χ0) is 16.5. The summed E-state index contributed by atoms with van der Waals surface area (Å²) >= 11 is 0. The Kier molecular flexibility index (Phi) is 7.29. The first kappa shape index (κ1) is 17.7. The third-order valence-electron chi connectivity index (χ3n) is 3.80. The largest absolute Gasteiger partial charge is 0.377 e. The smallest absolute Gasteiger partial charge is 0.113 e. The fourth-order valence-corrected chi connectivity index (χ4v) is 2.76. The summed E-state index contributed by atoms with van der Waals surface area (Å²) < 4.78 is 10.0. The number of nitrogens with one attached hydrogen (secondary N) is 1. The molecule has 0 bridgehead atoms. The minimum Gasteiger partial charge on any atom is -0.377 e. The van der Waals surface area contributed by atoms with Crippen LogP contribution in [0.15, 0.2) is 37.4 Å². The Morgan fingerprint density at radius 3 is 2.17 bits per heavy atom. The van der Waals surface area contributed by atoms with Gasteiger partial charge in [0.05, 0.1) is 25.4 Å². The lowest BCUT2D eigenvalue weighted by Gasteiger charge is -2.20. The molecule has 128 valence electrons. The number of hydrogen-bond donors (Lipinski definition) is 1. The van der Waals surface area contributed by atoms with Crippen molar-refractivity contribution in [1.82, 2.24) is 24.4 Å². The molecule has 0 amide bonds. The van der Waals surface area contributed by atoms with Gasteiger partial charge in [-0.3, -0.25) is 0 Å². The fourth-order valence-electron chi connectivity index (χ4n) is 2.76. The van der Waals surface area contributed by atoms with E-state index in [4.69, 9.17) is 4.74 Å². The van der Waals surface area contributed by atoms with E-state index in [-0.39, 0.29) is 6.17 Å². The van der Waals surface area contributed by atoms with E-state index in [1.807, 2.05) is 25.0 Å². The molecule has 6 nitrogen and oxygen atoms in total. The van der Waals surface area contributed by atoms with E-state index in [2.05, 4.69) is 45.2 Å². The molecule has 0 fully saturated rings. The molecule has 2 rings (SSSR count). The van der Waals surface area contributed by atoms with Gasteiger partial charge in [-0.15, -0.1) is 0 Å². The molecule has 0 saturated carbocycles. The number of imidazole rings is 2. The molecule has 1 unspecified atom stereocenters. The van der Waals surface area contributed by atoms with E-state index < -0.39 is 0 Å². The molecule has 0 aromatic carbocycles. The van der Waals surface area contributed by atoms with Crippen molar-refractivity contribution in [3.63, 3.8) is 0 Å². The Labute approximate surface area is 138 Å². The number of nitrogens with zero attached hydrogens (tertiary/aromatic N) is 4. The molecule has 0 aliphatic heterocycles. The molecule has 23 heavy (non-hydrogen) atoms. The van der Waals surface area contributed by atoms with Crippen LogP contribution in [0.25, 0.3) is 0 Å². The van der Waals surface area contributed by atoms with Gasteiger partial charge in [-0.25, -0.2) is 9.97 Å². The van der Waals surface area contributed by atoms with Gasteiger partial charge in [0.1, 0.15) is 6.17 Å². The summed E-state index contributed by atoms with van der Waals surface area (Å²) in [6.45, 7) is 9.16. The second-order valence-electron chi connectivity index (χ2n) is 6.35. The highest BCUT2D eigenvalue weighted by Gasteiger charge is 2.11. The Hall–Kier alpha value is -1.66. The summed E-state index contributed by atoms with van der Waals surface area (Å²) in [5, 5.41) is 3.46. The van der Waals surface area contributed by atoms with E-state index in [0.29, 0.717) is 12.0 Å². The first-order valence-corrected chi connectivity index (χ1v) is 8.44. The van der Waals surface area contributed by atoms with Crippen molar-refractivity contribution in [2.45, 2.75) is 45.9 Å². The van der Waals surface area contributed by atoms with Gasteiger partial charge in [-0.1, -0.05) is 13.8 Å². The second kappa shape index (κ2) is 9.47. The van der Waals surface area contributed by atoms with Crippen molar-refractivity contribution in [2.75, 3.05) is 19.7 Å². The monoisotopic (exact) mass is 319 g/mol. The minimum absolute atomic E-state index is 0.202. The van der Waals surface area contributed by atoms with E-state index >= 15 is 0 Å². The van der Waals surface area contributed by atoms with Crippen LogP contribution in [0.5, 0.6) is 0 Å². The third kappa shape index (κ3) is 6.15. The van der Waals surface area contributed by atoms with Crippen LogP contribution in [0.4, 0.5) is 0 Å². The van der Waals surface area contributed by atoms with Gasteiger partial charge in [0.15, 0.2) is 0 Å². The molecule has 0 aliphatic rings. The Morgan fingerprint density at radius 1 is 1.00 bits per heavy atom. The average molecular weight is 319 g/mol. The lowest BCUT2D eigenvalue weighted by molar-refractivity contribution is 0.0538. The average Bonchev–Trinajstić information content (AvgIpc) is 3.19. The van der Waals surface area contributed by atoms with Crippen LogP contribution in [0.2, 0.25) is 0 Å². The lowest BCUT2D eigenvalue weighted by Crippen LogP contribution is -2.27. The van der Waals surface area contributed by atoms with Gasteiger partial charge in [0, 0.05) is 31.3 Å². The van der Waals surface area contributed by atoms with Crippen molar-refractivity contribution >= 4 is 0 Å². The Balaban J connectivity index is 1.67. The van der Waals surface area contributed by atoms with Crippen molar-refractivity contribution in [3.05, 3.63) is 37.4 Å². The second-order valence-corrected chi connectivity index (χ2v) is 6.35. The summed E-state index contributed by atoms with van der Waals surface area (Å²) in [6.07, 6.45) is 13.9. The van der Waals surface area contributed by atoms with Crippen LogP contribution in [0, 0.1) is 5.92 Å². The number of hydrogen-bond acceptors (Lipinski definition) is 4.